The molecule has 8 N–H and O–H groups in total. The molecule has 0 fully saturated rings. The van der Waals surface area contributed by atoms with Gasteiger partial charge < -0.3 is 40.9 Å². The zero-order chi connectivity index (χ0) is 88.4. The number of hydrogen-bond donors (Lipinski definition) is 8. The summed E-state index contributed by atoms with van der Waals surface area (Å²) < 4.78 is 0.818. The molecule has 24 nitrogen and oxygen atoms in total. The first-order valence-corrected chi connectivity index (χ1v) is 39.8. The van der Waals surface area contributed by atoms with Gasteiger partial charge in [-0.15, -0.1) is 0 Å². The van der Waals surface area contributed by atoms with Gasteiger partial charge in [0.05, 0.1) is 15.1 Å². The number of ketones is 4. The molecule has 0 saturated carbocycles. The molecule has 8 aromatic carbocycles. The molecule has 0 aliphatic rings. The highest BCUT2D eigenvalue weighted by Crippen LogP contribution is 2.25. The Balaban J connectivity index is 0.000000226. The average molecular weight is 1790 g/mol. The maximum atomic E-state index is 12.9. The van der Waals surface area contributed by atoms with E-state index in [9.17, 15) is 38.4 Å². The number of aromatic nitrogens is 4. The summed E-state index contributed by atoms with van der Waals surface area (Å²) in [5, 5.41) is 44.5. The summed E-state index contributed by atoms with van der Waals surface area (Å²) in [6.45, 7) is 3.78. The van der Waals surface area contributed by atoms with E-state index in [2.05, 4.69) is 57.1 Å². The van der Waals surface area contributed by atoms with Gasteiger partial charge in [0.1, 0.15) is 46.6 Å². The lowest BCUT2D eigenvalue weighted by Crippen LogP contribution is -2.21. The second-order valence-electron chi connectivity index (χ2n) is 28.6. The predicted molar refractivity (Wildman–Crippen MR) is 500 cm³/mol. The Morgan fingerprint density at radius 2 is 0.524 bits per heavy atom. The molecule has 0 spiro atoms. The molecule has 636 valence electrons. The van der Waals surface area contributed by atoms with Crippen molar-refractivity contribution in [2.45, 2.75) is 54.4 Å². The first-order chi connectivity index (χ1) is 58.2. The number of amidine groups is 4. The lowest BCUT2D eigenvalue weighted by Gasteiger charge is -2.14. The van der Waals surface area contributed by atoms with Gasteiger partial charge in [-0.2, -0.15) is 0 Å². The smallest absolute Gasteiger partial charge is 0.257 e. The molecular formula is C96H96BrCl3N16O8. The summed E-state index contributed by atoms with van der Waals surface area (Å²) in [4.78, 5) is 126. The Labute approximate surface area is 745 Å². The number of pyridine rings is 4. The minimum absolute atomic E-state index is 0. The number of amides is 4. The monoisotopic (exact) mass is 1780 g/mol. The number of nitrogens with one attached hydrogen (secondary N) is 8. The van der Waals surface area contributed by atoms with E-state index < -0.39 is 0 Å². The predicted octanol–water partition coefficient (Wildman–Crippen LogP) is 19.2. The van der Waals surface area contributed by atoms with Crippen LogP contribution in [0, 0.1) is 35.5 Å². The Morgan fingerprint density at radius 1 is 0.298 bits per heavy atom. The van der Waals surface area contributed by atoms with Crippen LogP contribution in [0.4, 0.5) is 23.3 Å². The number of carbonyl (C=O) groups is 8. The maximum absolute atomic E-state index is 12.9. The molecule has 0 atom stereocenters. The van der Waals surface area contributed by atoms with Crippen molar-refractivity contribution in [3.05, 3.63) is 375 Å². The van der Waals surface area contributed by atoms with Crippen molar-refractivity contribution in [2.24, 2.45) is 0 Å². The molecule has 12 rings (SSSR count). The van der Waals surface area contributed by atoms with Gasteiger partial charge in [0, 0.05) is 178 Å². The number of rotatable bonds is 24. The Morgan fingerprint density at radius 3 is 0.758 bits per heavy atom. The number of anilines is 4. The quantitative estimate of drug-likeness (QED) is 0.0158. The molecule has 12 aromatic rings. The van der Waals surface area contributed by atoms with E-state index in [1.165, 1.54) is 18.6 Å². The van der Waals surface area contributed by atoms with Crippen LogP contribution in [0.5, 0.6) is 0 Å². The van der Waals surface area contributed by atoms with Crippen molar-refractivity contribution in [3.8, 4) is 0 Å². The third-order valence-electron chi connectivity index (χ3n) is 18.5. The number of halogens is 4. The summed E-state index contributed by atoms with van der Waals surface area (Å²) in [6.07, 6.45) is 6.32. The minimum atomic E-state index is -0.344. The first-order valence-electron chi connectivity index (χ1n) is 37.8. The second-order valence-corrected chi connectivity index (χ2v) is 30.8. The molecule has 4 heterocycles. The molecular weight excluding hydrogens is 1690 g/mol. The van der Waals surface area contributed by atoms with Crippen LogP contribution < -0.4 is 21.3 Å². The van der Waals surface area contributed by atoms with Crippen LogP contribution in [0.3, 0.4) is 0 Å². The standard InChI is InChI=1S/2C24H23ClN4O2.C23H21BrN4O2.C23H21ClN4O2.2CH4/c2*1-15-4-5-18(20(12-15)24(31)28-22-11-10-19(25)14-27-22)13-21(30)16-6-8-17(9-7-16)23(26)29(2)3;2*1-28(2)22(25)16-9-7-15(8-10-16)20(29)13-17-5-3-4-6-19(17)23(30)27-21-12-11-18(24)14-26-21;;/h2*4-12,14,26H,13H2,1-3H3,(H,27,28,31);2*3-12,14,25H,13H2,1-2H3,(H,26,27,30);2*1H4. The maximum Gasteiger partial charge on any atom is 0.257 e. The lowest BCUT2D eigenvalue weighted by atomic mass is 9.96. The molecule has 0 saturated heterocycles. The number of Topliss-reactive ketones (excluding diaryl/α,β-unsaturated/α-hetero) is 4. The second kappa shape index (κ2) is 46.2. The summed E-state index contributed by atoms with van der Waals surface area (Å²) in [7, 11) is 14.4. The summed E-state index contributed by atoms with van der Waals surface area (Å²) >= 11 is 20.8. The van der Waals surface area contributed by atoms with E-state index in [0.29, 0.717) is 128 Å². The van der Waals surface area contributed by atoms with Crippen molar-refractivity contribution < 1.29 is 38.4 Å². The van der Waals surface area contributed by atoms with Crippen LogP contribution >= 0.6 is 50.7 Å². The Kier molecular flexibility index (Phi) is 36.3. The summed E-state index contributed by atoms with van der Waals surface area (Å²) in [6, 6.07) is 65.9. The van der Waals surface area contributed by atoms with Gasteiger partial charge in [-0.3, -0.25) is 60.0 Å². The van der Waals surface area contributed by atoms with Crippen LogP contribution in [0.15, 0.2) is 260 Å². The van der Waals surface area contributed by atoms with Crippen molar-refractivity contribution in [1.82, 2.24) is 39.5 Å². The van der Waals surface area contributed by atoms with Gasteiger partial charge >= 0.3 is 0 Å². The van der Waals surface area contributed by atoms with Gasteiger partial charge in [0.15, 0.2) is 23.1 Å². The molecule has 4 amide bonds. The topological polar surface area (TPSA) is 345 Å². The summed E-state index contributed by atoms with van der Waals surface area (Å²) in [5.41, 5.74) is 11.1. The van der Waals surface area contributed by atoms with Crippen LogP contribution in [0.2, 0.25) is 15.1 Å². The van der Waals surface area contributed by atoms with E-state index in [1.54, 1.807) is 301 Å². The molecule has 0 unspecified atom stereocenters. The zero-order valence-electron chi connectivity index (χ0n) is 68.4. The fourth-order valence-electron chi connectivity index (χ4n) is 11.8. The van der Waals surface area contributed by atoms with Crippen molar-refractivity contribution >= 4 is 144 Å². The molecule has 28 heteroatoms. The third kappa shape index (κ3) is 28.1. The van der Waals surface area contributed by atoms with Crippen LogP contribution in [0.1, 0.15) is 153 Å². The van der Waals surface area contributed by atoms with Gasteiger partial charge in [0.2, 0.25) is 0 Å². The highest BCUT2D eigenvalue weighted by atomic mass is 79.9. The lowest BCUT2D eigenvalue weighted by molar-refractivity contribution is 0.0980. The number of nitrogens with zero attached hydrogens (tertiary/aromatic N) is 8. The molecule has 124 heavy (non-hydrogen) atoms. The molecule has 0 aliphatic heterocycles. The van der Waals surface area contributed by atoms with Crippen LogP contribution in [-0.2, 0) is 25.7 Å². The SMILES string of the molecule is C.C.CN(C)C(=N)c1ccc(C(=O)Cc2ccccc2C(=O)Nc2ccc(Br)cn2)cc1.CN(C)C(=N)c1ccc(C(=O)Cc2ccccc2C(=O)Nc2ccc(Cl)cn2)cc1.Cc1ccc(CC(=O)c2ccc(C(=N)N(C)C)cc2)c(C(=O)Nc2ccc(Cl)cn2)c1.Cc1ccc(CC(=O)c2ccc(C(=N)N(C)C)cc2)c(C(=O)Nc2ccc(Cl)cn2)c1. The Hall–Kier alpha value is -13.9. The molecule has 0 aliphatic carbocycles. The Bertz CT molecular complexity index is 5480. The largest absolute Gasteiger partial charge is 0.363 e. The number of carbonyl (C=O) groups excluding carboxylic acids is 8. The van der Waals surface area contributed by atoms with E-state index >= 15 is 0 Å². The molecule has 0 radical (unpaired) electrons. The fourth-order valence-corrected chi connectivity index (χ4v) is 12.4. The highest BCUT2D eigenvalue weighted by molar-refractivity contribution is 9.10. The van der Waals surface area contributed by atoms with E-state index in [0.717, 1.165) is 37.9 Å². The van der Waals surface area contributed by atoms with Gasteiger partial charge in [-0.1, -0.05) is 219 Å². The first kappa shape index (κ1) is 97.3. The molecule has 0 bridgehead atoms. The van der Waals surface area contributed by atoms with E-state index in [4.69, 9.17) is 56.4 Å². The van der Waals surface area contributed by atoms with Crippen molar-refractivity contribution in [3.63, 3.8) is 0 Å². The average Bonchev–Trinajstić information content (AvgIpc) is 0.844. The van der Waals surface area contributed by atoms with Gasteiger partial charge in [-0.25, -0.2) is 19.9 Å². The zero-order valence-corrected chi connectivity index (χ0v) is 72.3. The third-order valence-corrected chi connectivity index (χ3v) is 19.7. The van der Waals surface area contributed by atoms with Crippen molar-refractivity contribution in [1.29, 1.82) is 21.6 Å². The number of benzene rings is 8. The van der Waals surface area contributed by atoms with E-state index in [-0.39, 0.29) is 87.3 Å². The normalized spacial score (nSPS) is 10.2. The van der Waals surface area contributed by atoms with Gasteiger partial charge in [-0.05, 0) is 125 Å². The summed E-state index contributed by atoms with van der Waals surface area (Å²) in [5.74, 6) is 1.30. The number of aryl methyl sites for hydroxylation is 2. The fraction of sp³-hybridized carbons (Fsp3) is 0.167. The van der Waals surface area contributed by atoms with Gasteiger partial charge in [0.25, 0.3) is 23.6 Å². The van der Waals surface area contributed by atoms with E-state index in [1.807, 2.05) is 26.0 Å². The molecule has 4 aromatic heterocycles. The highest BCUT2D eigenvalue weighted by Gasteiger charge is 2.23. The number of hydrogen-bond acceptors (Lipinski definition) is 16. The van der Waals surface area contributed by atoms with Crippen molar-refractivity contribution in [2.75, 3.05) is 77.6 Å². The minimum Gasteiger partial charge on any atom is -0.363 e. The van der Waals surface area contributed by atoms with Crippen LogP contribution in [-0.4, -0.2) is 166 Å². The van der Waals surface area contributed by atoms with Crippen LogP contribution in [0.25, 0.3) is 0 Å².